The van der Waals surface area contributed by atoms with Gasteiger partial charge in [0.2, 0.25) is 0 Å². The van der Waals surface area contributed by atoms with E-state index in [1.807, 2.05) is 0 Å². The first-order valence-electron chi connectivity index (χ1n) is 7.84. The summed E-state index contributed by atoms with van der Waals surface area (Å²) >= 11 is 1.45. The van der Waals surface area contributed by atoms with Gasteiger partial charge in [-0.2, -0.15) is 0 Å². The third-order valence-electron chi connectivity index (χ3n) is 3.86. The number of benzene rings is 1. The second-order valence-corrected chi connectivity index (χ2v) is 6.61. The van der Waals surface area contributed by atoms with Crippen LogP contribution in [0, 0.1) is 0 Å². The van der Waals surface area contributed by atoms with Gasteiger partial charge in [-0.3, -0.25) is 4.79 Å². The van der Waals surface area contributed by atoms with Crippen LogP contribution in [0.5, 0.6) is 5.75 Å². The third-order valence-corrected chi connectivity index (χ3v) is 4.70. The molecule has 7 heteroatoms. The van der Waals surface area contributed by atoms with Crippen LogP contribution in [0.4, 0.5) is 0 Å². The molecule has 0 saturated heterocycles. The summed E-state index contributed by atoms with van der Waals surface area (Å²) in [5.41, 5.74) is 1.97. The maximum atomic E-state index is 12.0. The van der Waals surface area contributed by atoms with Crippen LogP contribution in [-0.2, 0) is 12.8 Å². The van der Waals surface area contributed by atoms with E-state index >= 15 is 0 Å². The molecule has 1 aliphatic rings. The molecule has 0 atom stereocenters. The van der Waals surface area contributed by atoms with Crippen molar-refractivity contribution in [2.75, 3.05) is 12.4 Å². The molecule has 0 amide bonds. The molecule has 126 valence electrons. The Morgan fingerprint density at radius 2 is 2.00 bits per heavy atom. The van der Waals surface area contributed by atoms with Gasteiger partial charge in [0, 0.05) is 11.3 Å². The van der Waals surface area contributed by atoms with Gasteiger partial charge < -0.3 is 14.8 Å². The first-order chi connectivity index (χ1) is 11.6. The fourth-order valence-electron chi connectivity index (χ4n) is 2.64. The van der Waals surface area contributed by atoms with Gasteiger partial charge in [-0.1, -0.05) is 11.8 Å². The van der Waals surface area contributed by atoms with Crippen LogP contribution >= 0.6 is 11.8 Å². The Kier molecular flexibility index (Phi) is 5.20. The minimum atomic E-state index is -0.959. The summed E-state index contributed by atoms with van der Waals surface area (Å²) in [6, 6.07) is 6.28. The van der Waals surface area contributed by atoms with Gasteiger partial charge in [-0.15, -0.1) is 0 Å². The van der Waals surface area contributed by atoms with E-state index < -0.39 is 5.97 Å². The van der Waals surface area contributed by atoms with Gasteiger partial charge >= 0.3 is 5.97 Å². The molecule has 6 nitrogen and oxygen atoms in total. The monoisotopic (exact) mass is 346 g/mol. The van der Waals surface area contributed by atoms with Crippen molar-refractivity contribution >= 4 is 17.7 Å². The van der Waals surface area contributed by atoms with Crippen LogP contribution in [0.15, 0.2) is 34.2 Å². The molecule has 2 N–H and O–H groups in total. The van der Waals surface area contributed by atoms with Crippen molar-refractivity contribution in [2.45, 2.75) is 30.8 Å². The highest BCUT2D eigenvalue weighted by Gasteiger charge is 2.15. The van der Waals surface area contributed by atoms with Gasteiger partial charge in [0.05, 0.1) is 17.9 Å². The Morgan fingerprint density at radius 3 is 2.75 bits per heavy atom. The number of fused-ring (bicyclic) bond motifs is 1. The number of H-pyrrole nitrogens is 1. The number of carboxylic acids is 1. The summed E-state index contributed by atoms with van der Waals surface area (Å²) in [6.07, 6.45) is 3.83. The number of aryl methyl sites for hydroxylation is 1. The number of carboxylic acid groups (broad SMARTS) is 1. The number of thioether (sulfide) groups is 1. The highest BCUT2D eigenvalue weighted by molar-refractivity contribution is 7.99. The van der Waals surface area contributed by atoms with E-state index in [0.717, 1.165) is 36.9 Å². The SMILES string of the molecule is O=C(O)c1ccc(OCCSc2nc3c(c(=O)[nH]2)CCCC3)cc1. The van der Waals surface area contributed by atoms with E-state index in [1.54, 1.807) is 12.1 Å². The number of hydrogen-bond donors (Lipinski definition) is 2. The minimum absolute atomic E-state index is 0.0209. The molecule has 1 aromatic carbocycles. The second kappa shape index (κ2) is 7.53. The molecule has 3 rings (SSSR count). The minimum Gasteiger partial charge on any atom is -0.493 e. The average molecular weight is 346 g/mol. The second-order valence-electron chi connectivity index (χ2n) is 5.53. The van der Waals surface area contributed by atoms with Gasteiger partial charge in [0.15, 0.2) is 5.16 Å². The first-order valence-corrected chi connectivity index (χ1v) is 8.83. The molecular weight excluding hydrogens is 328 g/mol. The van der Waals surface area contributed by atoms with E-state index in [0.29, 0.717) is 23.3 Å². The van der Waals surface area contributed by atoms with E-state index in [-0.39, 0.29) is 11.1 Å². The van der Waals surface area contributed by atoms with Crippen molar-refractivity contribution in [3.63, 3.8) is 0 Å². The summed E-state index contributed by atoms with van der Waals surface area (Å²) < 4.78 is 5.57. The zero-order chi connectivity index (χ0) is 16.9. The average Bonchev–Trinajstić information content (AvgIpc) is 2.59. The lowest BCUT2D eigenvalue weighted by Crippen LogP contribution is -2.21. The Hall–Kier alpha value is -2.28. The zero-order valence-electron chi connectivity index (χ0n) is 13.1. The lowest BCUT2D eigenvalue weighted by Gasteiger charge is -2.14. The number of aromatic amines is 1. The molecule has 0 fully saturated rings. The Labute approximate surface area is 143 Å². The fraction of sp³-hybridized carbons (Fsp3) is 0.353. The first kappa shape index (κ1) is 16.6. The van der Waals surface area contributed by atoms with Crippen molar-refractivity contribution in [3.05, 3.63) is 51.4 Å². The molecule has 0 spiro atoms. The van der Waals surface area contributed by atoms with Gasteiger partial charge in [0.1, 0.15) is 5.75 Å². The fourth-order valence-corrected chi connectivity index (χ4v) is 3.34. The standard InChI is InChI=1S/C17H18N2O4S/c20-15-13-3-1-2-4-14(13)18-17(19-15)24-10-9-23-12-7-5-11(6-8-12)16(21)22/h5-8H,1-4,9-10H2,(H,21,22)(H,18,19,20). The van der Waals surface area contributed by atoms with E-state index in [2.05, 4.69) is 9.97 Å². The number of aromatic nitrogens is 2. The molecular formula is C17H18N2O4S. The summed E-state index contributed by atoms with van der Waals surface area (Å²) in [5.74, 6) is 0.301. The maximum absolute atomic E-state index is 12.0. The van der Waals surface area contributed by atoms with Gasteiger partial charge in [-0.25, -0.2) is 9.78 Å². The molecule has 0 bridgehead atoms. The summed E-state index contributed by atoms with van der Waals surface area (Å²) in [4.78, 5) is 30.2. The predicted molar refractivity (Wildman–Crippen MR) is 91.1 cm³/mol. The smallest absolute Gasteiger partial charge is 0.335 e. The van der Waals surface area contributed by atoms with Crippen molar-refractivity contribution in [2.24, 2.45) is 0 Å². The molecule has 0 aliphatic heterocycles. The number of hydrogen-bond acceptors (Lipinski definition) is 5. The van der Waals surface area contributed by atoms with Crippen LogP contribution in [0.2, 0.25) is 0 Å². The topological polar surface area (TPSA) is 92.3 Å². The van der Waals surface area contributed by atoms with Crippen molar-refractivity contribution in [1.82, 2.24) is 9.97 Å². The summed E-state index contributed by atoms with van der Waals surface area (Å²) in [5, 5.41) is 9.47. The molecule has 1 heterocycles. The largest absolute Gasteiger partial charge is 0.493 e. The Bertz CT molecular complexity index is 786. The van der Waals surface area contributed by atoms with Crippen LogP contribution < -0.4 is 10.3 Å². The molecule has 0 unspecified atom stereocenters. The third kappa shape index (κ3) is 3.97. The normalized spacial score (nSPS) is 13.3. The van der Waals surface area contributed by atoms with Crippen molar-refractivity contribution in [1.29, 1.82) is 0 Å². The molecule has 2 aromatic rings. The molecule has 0 radical (unpaired) electrons. The number of carbonyl (C=O) groups is 1. The highest BCUT2D eigenvalue weighted by Crippen LogP contribution is 2.19. The van der Waals surface area contributed by atoms with Crippen LogP contribution in [0.3, 0.4) is 0 Å². The lowest BCUT2D eigenvalue weighted by atomic mass is 9.97. The molecule has 24 heavy (non-hydrogen) atoms. The number of aromatic carboxylic acids is 1. The zero-order valence-corrected chi connectivity index (χ0v) is 13.9. The van der Waals surface area contributed by atoms with E-state index in [1.165, 1.54) is 23.9 Å². The Balaban J connectivity index is 1.52. The highest BCUT2D eigenvalue weighted by atomic mass is 32.2. The number of nitrogens with one attached hydrogen (secondary N) is 1. The van der Waals surface area contributed by atoms with Crippen LogP contribution in [0.1, 0.15) is 34.5 Å². The lowest BCUT2D eigenvalue weighted by molar-refractivity contribution is 0.0697. The number of ether oxygens (including phenoxy) is 1. The number of rotatable bonds is 6. The quantitative estimate of drug-likeness (QED) is 0.474. The maximum Gasteiger partial charge on any atom is 0.335 e. The number of nitrogens with zero attached hydrogens (tertiary/aromatic N) is 1. The summed E-state index contributed by atoms with van der Waals surface area (Å²) in [7, 11) is 0. The van der Waals surface area contributed by atoms with E-state index in [9.17, 15) is 9.59 Å². The van der Waals surface area contributed by atoms with Gasteiger partial charge in [0.25, 0.3) is 5.56 Å². The molecule has 0 saturated carbocycles. The van der Waals surface area contributed by atoms with E-state index in [4.69, 9.17) is 9.84 Å². The molecule has 1 aromatic heterocycles. The predicted octanol–water partition coefficient (Wildman–Crippen LogP) is 2.52. The van der Waals surface area contributed by atoms with Crippen LogP contribution in [-0.4, -0.2) is 33.4 Å². The Morgan fingerprint density at radius 1 is 1.25 bits per heavy atom. The van der Waals surface area contributed by atoms with Gasteiger partial charge in [-0.05, 0) is 49.9 Å². The van der Waals surface area contributed by atoms with Crippen LogP contribution in [0.25, 0.3) is 0 Å². The summed E-state index contributed by atoms with van der Waals surface area (Å²) in [6.45, 7) is 0.442. The van der Waals surface area contributed by atoms with Crippen molar-refractivity contribution < 1.29 is 14.6 Å². The molecule has 1 aliphatic carbocycles. The van der Waals surface area contributed by atoms with Crippen molar-refractivity contribution in [3.8, 4) is 5.75 Å².